The molecule has 55 heavy (non-hydrogen) atoms. The minimum atomic E-state index is 0.880. The summed E-state index contributed by atoms with van der Waals surface area (Å²) in [5.41, 5.74) is 9.29. The van der Waals surface area contributed by atoms with Crippen molar-refractivity contribution in [3.63, 3.8) is 0 Å². The number of hydrogen-bond acceptors (Lipinski definition) is 1. The van der Waals surface area contributed by atoms with E-state index in [1.165, 1.54) is 98.0 Å². The van der Waals surface area contributed by atoms with Crippen LogP contribution in [-0.2, 0) is 0 Å². The lowest BCUT2D eigenvalue weighted by Gasteiger charge is -2.21. The molecule has 1 heteroatoms. The summed E-state index contributed by atoms with van der Waals surface area (Å²) in [5.74, 6) is 0.880. The van der Waals surface area contributed by atoms with Gasteiger partial charge in [0.15, 0.2) is 0 Å². The maximum atomic E-state index is 6.67. The molecule has 0 aliphatic carbocycles. The van der Waals surface area contributed by atoms with Gasteiger partial charge in [-0.15, -0.1) is 0 Å². The Hall–Kier alpha value is -7.22. The zero-order valence-corrected chi connectivity index (χ0v) is 29.9. The van der Waals surface area contributed by atoms with Crippen LogP contribution in [0.2, 0.25) is 0 Å². The molecule has 0 spiro atoms. The zero-order valence-electron chi connectivity index (χ0n) is 29.9. The Morgan fingerprint density at radius 3 is 1.05 bits per heavy atom. The average molecular weight is 697 g/mol. The number of hydrogen-bond donors (Lipinski definition) is 0. The van der Waals surface area contributed by atoms with E-state index in [0.29, 0.717) is 0 Å². The van der Waals surface area contributed by atoms with Crippen molar-refractivity contribution in [2.75, 3.05) is 0 Å². The van der Waals surface area contributed by atoms with Crippen molar-refractivity contribution < 1.29 is 4.42 Å². The average Bonchev–Trinajstić information content (AvgIpc) is 3.69. The third-order valence-electron chi connectivity index (χ3n) is 11.8. The van der Waals surface area contributed by atoms with Crippen molar-refractivity contribution in [1.82, 2.24) is 0 Å². The van der Waals surface area contributed by atoms with E-state index in [9.17, 15) is 0 Å². The number of rotatable bonds is 4. The van der Waals surface area contributed by atoms with Crippen LogP contribution in [0.3, 0.4) is 0 Å². The van der Waals surface area contributed by atoms with Crippen LogP contribution in [0.1, 0.15) is 0 Å². The van der Waals surface area contributed by atoms with Gasteiger partial charge in [0.1, 0.15) is 11.3 Å². The van der Waals surface area contributed by atoms with Gasteiger partial charge in [-0.25, -0.2) is 0 Å². The summed E-state index contributed by atoms with van der Waals surface area (Å²) in [6, 6.07) is 71.3. The predicted octanol–water partition coefficient (Wildman–Crippen LogP) is 15.5. The van der Waals surface area contributed by atoms with Crippen LogP contribution in [0, 0.1) is 0 Å². The molecule has 0 saturated carbocycles. The Bertz CT molecular complexity index is 3360. The van der Waals surface area contributed by atoms with Crippen LogP contribution in [-0.4, -0.2) is 0 Å². The SMILES string of the molecule is c1ccc2cc(-c3cc(-c4ccc5ccccc5c4)c4ccc5c(-c6cc7ccccc7o6)cc(-c6ccc7ccccc7c6)c6ccc3c4c65)ccc2c1. The summed E-state index contributed by atoms with van der Waals surface area (Å²) >= 11 is 0. The highest BCUT2D eigenvalue weighted by atomic mass is 16.3. The molecule has 1 nitrogen and oxygen atoms in total. The van der Waals surface area contributed by atoms with Gasteiger partial charge in [-0.3, -0.25) is 0 Å². The van der Waals surface area contributed by atoms with E-state index in [1.807, 2.05) is 6.07 Å². The van der Waals surface area contributed by atoms with Crippen LogP contribution < -0.4 is 0 Å². The van der Waals surface area contributed by atoms with E-state index in [4.69, 9.17) is 4.42 Å². The van der Waals surface area contributed by atoms with E-state index in [0.717, 1.165) is 22.3 Å². The lowest BCUT2D eigenvalue weighted by molar-refractivity contribution is 0.632. The van der Waals surface area contributed by atoms with Gasteiger partial charge >= 0.3 is 0 Å². The molecule has 0 aliphatic heterocycles. The molecule has 254 valence electrons. The third-order valence-corrected chi connectivity index (χ3v) is 11.8. The second-order valence-corrected chi connectivity index (χ2v) is 14.8. The summed E-state index contributed by atoms with van der Waals surface area (Å²) in [4.78, 5) is 0. The fourth-order valence-electron chi connectivity index (χ4n) is 9.10. The van der Waals surface area contributed by atoms with Gasteiger partial charge in [-0.05, 0) is 140 Å². The lowest BCUT2D eigenvalue weighted by Crippen LogP contribution is -1.94. The first-order valence-corrected chi connectivity index (χ1v) is 19.0. The standard InChI is InChI=1S/C54H32O/c1-4-12-36-27-39(20-17-33(36)9-1)47-31-48(40-21-18-34-10-2-5-13-37(34)28-40)44-25-26-46-50(52-30-42-15-7-8-16-51(42)55-52)32-49(45-24-23-43(47)53(44)54(45)46)41-22-19-35-11-3-6-14-38(35)29-41/h1-32H. The Morgan fingerprint density at radius 2 is 0.618 bits per heavy atom. The van der Waals surface area contributed by atoms with E-state index in [2.05, 4.69) is 188 Å². The van der Waals surface area contributed by atoms with Crippen molar-refractivity contribution in [3.8, 4) is 44.7 Å². The van der Waals surface area contributed by atoms with Crippen LogP contribution in [0.4, 0.5) is 0 Å². The fraction of sp³-hybridized carbons (Fsp3) is 0. The fourth-order valence-corrected chi connectivity index (χ4v) is 9.10. The zero-order chi connectivity index (χ0) is 36.0. The molecular weight excluding hydrogens is 665 g/mol. The highest BCUT2D eigenvalue weighted by Crippen LogP contribution is 2.49. The molecule has 0 aliphatic rings. The topological polar surface area (TPSA) is 13.1 Å². The molecular formula is C54H32O. The van der Waals surface area contributed by atoms with Crippen LogP contribution in [0.25, 0.3) is 120 Å². The second kappa shape index (κ2) is 11.6. The Balaban J connectivity index is 1.24. The maximum absolute atomic E-state index is 6.67. The van der Waals surface area contributed by atoms with Gasteiger partial charge in [-0.1, -0.05) is 152 Å². The Kier molecular flexibility index (Phi) is 6.40. The number of furan rings is 1. The third kappa shape index (κ3) is 4.67. The van der Waals surface area contributed by atoms with E-state index >= 15 is 0 Å². The normalized spacial score (nSPS) is 12.0. The van der Waals surface area contributed by atoms with E-state index in [1.54, 1.807) is 0 Å². The monoisotopic (exact) mass is 696 g/mol. The first-order valence-electron chi connectivity index (χ1n) is 19.0. The Morgan fingerprint density at radius 1 is 0.255 bits per heavy atom. The van der Waals surface area contributed by atoms with Crippen LogP contribution in [0.15, 0.2) is 199 Å². The minimum absolute atomic E-state index is 0.880. The maximum Gasteiger partial charge on any atom is 0.136 e. The minimum Gasteiger partial charge on any atom is -0.456 e. The highest BCUT2D eigenvalue weighted by Gasteiger charge is 2.22. The first kappa shape index (κ1) is 30.3. The summed E-state index contributed by atoms with van der Waals surface area (Å²) in [7, 11) is 0. The summed E-state index contributed by atoms with van der Waals surface area (Å²) < 4.78 is 6.67. The van der Waals surface area contributed by atoms with Crippen LogP contribution >= 0.6 is 0 Å². The molecule has 0 radical (unpaired) electrons. The first-order chi connectivity index (χ1) is 27.2. The van der Waals surface area contributed by atoms with Gasteiger partial charge < -0.3 is 4.42 Å². The summed E-state index contributed by atoms with van der Waals surface area (Å²) in [5, 5.41) is 16.0. The van der Waals surface area contributed by atoms with Crippen molar-refractivity contribution in [2.24, 2.45) is 0 Å². The van der Waals surface area contributed by atoms with Crippen molar-refractivity contribution in [3.05, 3.63) is 194 Å². The quantitative estimate of drug-likeness (QED) is 0.167. The molecule has 1 aromatic heterocycles. The molecule has 12 aromatic rings. The molecule has 1 heterocycles. The van der Waals surface area contributed by atoms with Crippen molar-refractivity contribution in [2.45, 2.75) is 0 Å². The molecule has 0 amide bonds. The molecule has 0 N–H and O–H groups in total. The Labute approximate surface area is 317 Å². The molecule has 11 aromatic carbocycles. The summed E-state index contributed by atoms with van der Waals surface area (Å²) in [6.07, 6.45) is 0. The van der Waals surface area contributed by atoms with E-state index < -0.39 is 0 Å². The molecule has 12 rings (SSSR count). The van der Waals surface area contributed by atoms with Crippen LogP contribution in [0.5, 0.6) is 0 Å². The highest BCUT2D eigenvalue weighted by molar-refractivity contribution is 6.32. The van der Waals surface area contributed by atoms with Crippen molar-refractivity contribution in [1.29, 1.82) is 0 Å². The van der Waals surface area contributed by atoms with Gasteiger partial charge in [-0.2, -0.15) is 0 Å². The largest absolute Gasteiger partial charge is 0.456 e. The number of fused-ring (bicyclic) bond motifs is 4. The molecule has 0 atom stereocenters. The van der Waals surface area contributed by atoms with Gasteiger partial charge in [0.25, 0.3) is 0 Å². The second-order valence-electron chi connectivity index (χ2n) is 14.8. The summed E-state index contributed by atoms with van der Waals surface area (Å²) in [6.45, 7) is 0. The van der Waals surface area contributed by atoms with Gasteiger partial charge in [0.2, 0.25) is 0 Å². The number of para-hydroxylation sites is 1. The van der Waals surface area contributed by atoms with Gasteiger partial charge in [0.05, 0.1) is 0 Å². The van der Waals surface area contributed by atoms with Crippen molar-refractivity contribution >= 4 is 75.6 Å². The molecule has 0 fully saturated rings. The van der Waals surface area contributed by atoms with Gasteiger partial charge in [0, 0.05) is 10.9 Å². The number of benzene rings is 11. The molecule has 0 bridgehead atoms. The smallest absolute Gasteiger partial charge is 0.136 e. The molecule has 0 saturated heterocycles. The molecule has 0 unspecified atom stereocenters. The lowest BCUT2D eigenvalue weighted by atomic mass is 9.82. The van der Waals surface area contributed by atoms with E-state index in [-0.39, 0.29) is 0 Å². The predicted molar refractivity (Wildman–Crippen MR) is 234 cm³/mol.